The zero-order valence-corrected chi connectivity index (χ0v) is 18.8. The predicted octanol–water partition coefficient (Wildman–Crippen LogP) is 4.49. The minimum absolute atomic E-state index is 0.00778. The van der Waals surface area contributed by atoms with Gasteiger partial charge >= 0.3 is 0 Å². The number of hydrogen-bond acceptors (Lipinski definition) is 4. The van der Waals surface area contributed by atoms with Gasteiger partial charge in [-0.15, -0.1) is 0 Å². The first-order chi connectivity index (χ1) is 15.5. The summed E-state index contributed by atoms with van der Waals surface area (Å²) in [6, 6.07) is 11.5. The minimum Gasteiger partial charge on any atom is -0.383 e. The number of halogens is 1. The average molecular weight is 458 g/mol. The number of carbonyl (C=O) groups is 3. The quantitative estimate of drug-likeness (QED) is 0.509. The number of ether oxygens (including phenoxy) is 1. The summed E-state index contributed by atoms with van der Waals surface area (Å²) >= 11 is 6.23. The van der Waals surface area contributed by atoms with Crippen LogP contribution in [0.25, 0.3) is 0 Å². The maximum Gasteiger partial charge on any atom is 0.255 e. The van der Waals surface area contributed by atoms with Crippen LogP contribution in [0, 0.1) is 5.92 Å². The first kappa shape index (κ1) is 23.8. The highest BCUT2D eigenvalue weighted by Gasteiger charge is 2.21. The van der Waals surface area contributed by atoms with Gasteiger partial charge in [-0.3, -0.25) is 14.4 Å². The first-order valence-corrected chi connectivity index (χ1v) is 11.1. The van der Waals surface area contributed by atoms with Gasteiger partial charge in [-0.2, -0.15) is 0 Å². The van der Waals surface area contributed by atoms with E-state index in [-0.39, 0.29) is 28.7 Å². The number of amides is 3. The lowest BCUT2D eigenvalue weighted by Crippen LogP contribution is -2.27. The molecule has 0 atom stereocenters. The maximum atomic E-state index is 12.7. The van der Waals surface area contributed by atoms with E-state index in [9.17, 15) is 14.4 Å². The summed E-state index contributed by atoms with van der Waals surface area (Å²) in [5.41, 5.74) is 1.77. The van der Waals surface area contributed by atoms with Crippen LogP contribution in [0.4, 0.5) is 11.4 Å². The molecule has 1 aliphatic carbocycles. The zero-order valence-electron chi connectivity index (χ0n) is 18.1. The second-order valence-corrected chi connectivity index (χ2v) is 8.21. The van der Waals surface area contributed by atoms with Crippen LogP contribution < -0.4 is 16.0 Å². The van der Waals surface area contributed by atoms with Gasteiger partial charge in [0, 0.05) is 36.5 Å². The fraction of sp³-hybridized carbons (Fsp3) is 0.375. The van der Waals surface area contributed by atoms with Crippen LogP contribution >= 0.6 is 11.6 Å². The van der Waals surface area contributed by atoms with Crippen LogP contribution in [0.1, 0.15) is 52.8 Å². The van der Waals surface area contributed by atoms with Crippen molar-refractivity contribution in [1.29, 1.82) is 0 Å². The van der Waals surface area contributed by atoms with Crippen molar-refractivity contribution in [3.8, 4) is 0 Å². The highest BCUT2D eigenvalue weighted by atomic mass is 35.5. The molecule has 0 bridgehead atoms. The minimum atomic E-state index is -0.341. The molecule has 0 aromatic heterocycles. The van der Waals surface area contributed by atoms with Crippen molar-refractivity contribution in [3.05, 3.63) is 58.6 Å². The Labute approximate surface area is 192 Å². The molecule has 0 radical (unpaired) electrons. The van der Waals surface area contributed by atoms with Crippen molar-refractivity contribution in [2.24, 2.45) is 5.92 Å². The number of anilines is 2. The Bertz CT molecular complexity index is 973. The van der Waals surface area contributed by atoms with E-state index in [4.69, 9.17) is 16.3 Å². The third-order valence-corrected chi connectivity index (χ3v) is 5.74. The fourth-order valence-electron chi connectivity index (χ4n) is 3.69. The predicted molar refractivity (Wildman–Crippen MR) is 125 cm³/mol. The van der Waals surface area contributed by atoms with E-state index in [1.54, 1.807) is 43.5 Å². The van der Waals surface area contributed by atoms with Gasteiger partial charge in [0.1, 0.15) is 0 Å². The fourth-order valence-corrected chi connectivity index (χ4v) is 3.96. The van der Waals surface area contributed by atoms with Crippen LogP contribution in [0.5, 0.6) is 0 Å². The Balaban J connectivity index is 1.61. The van der Waals surface area contributed by atoms with E-state index in [0.717, 1.165) is 25.7 Å². The molecule has 3 amide bonds. The van der Waals surface area contributed by atoms with E-state index in [0.29, 0.717) is 35.7 Å². The summed E-state index contributed by atoms with van der Waals surface area (Å²) in [6.07, 6.45) is 5.16. The van der Waals surface area contributed by atoms with Crippen molar-refractivity contribution in [1.82, 2.24) is 5.32 Å². The van der Waals surface area contributed by atoms with Gasteiger partial charge in [0.15, 0.2) is 0 Å². The van der Waals surface area contributed by atoms with Gasteiger partial charge in [-0.05, 0) is 49.2 Å². The molecule has 1 aliphatic rings. The van der Waals surface area contributed by atoms with Crippen molar-refractivity contribution in [3.63, 3.8) is 0 Å². The molecule has 3 rings (SSSR count). The molecular weight excluding hydrogens is 430 g/mol. The molecule has 7 nitrogen and oxygen atoms in total. The molecule has 3 N–H and O–H groups in total. The molecular formula is C24H28ClN3O4. The van der Waals surface area contributed by atoms with E-state index in [2.05, 4.69) is 16.0 Å². The summed E-state index contributed by atoms with van der Waals surface area (Å²) in [4.78, 5) is 37.3. The zero-order chi connectivity index (χ0) is 22.9. The lowest BCUT2D eigenvalue weighted by atomic mass is 9.88. The molecule has 1 saturated carbocycles. The van der Waals surface area contributed by atoms with Gasteiger partial charge < -0.3 is 20.7 Å². The first-order valence-electron chi connectivity index (χ1n) is 10.8. The van der Waals surface area contributed by atoms with Crippen LogP contribution in [-0.2, 0) is 9.53 Å². The third kappa shape index (κ3) is 6.55. The molecule has 32 heavy (non-hydrogen) atoms. The second-order valence-electron chi connectivity index (χ2n) is 7.80. The van der Waals surface area contributed by atoms with Gasteiger partial charge in [-0.1, -0.05) is 36.9 Å². The summed E-state index contributed by atoms with van der Waals surface area (Å²) in [5, 5.41) is 8.63. The van der Waals surface area contributed by atoms with E-state index in [1.165, 1.54) is 12.5 Å². The summed E-state index contributed by atoms with van der Waals surface area (Å²) in [5.74, 6) is -0.611. The van der Waals surface area contributed by atoms with Crippen molar-refractivity contribution in [2.45, 2.75) is 32.1 Å². The van der Waals surface area contributed by atoms with Gasteiger partial charge in [0.2, 0.25) is 5.91 Å². The lowest BCUT2D eigenvalue weighted by Gasteiger charge is -2.20. The summed E-state index contributed by atoms with van der Waals surface area (Å²) in [6.45, 7) is 0.773. The molecule has 0 spiro atoms. The smallest absolute Gasteiger partial charge is 0.255 e. The highest BCUT2D eigenvalue weighted by Crippen LogP contribution is 2.25. The Morgan fingerprint density at radius 1 is 0.969 bits per heavy atom. The average Bonchev–Trinajstić information content (AvgIpc) is 2.80. The number of benzene rings is 2. The molecule has 1 fully saturated rings. The molecule has 2 aromatic carbocycles. The number of hydrogen-bond donors (Lipinski definition) is 3. The van der Waals surface area contributed by atoms with E-state index in [1.807, 2.05) is 0 Å². The lowest BCUT2D eigenvalue weighted by molar-refractivity contribution is -0.120. The normalized spacial score (nSPS) is 13.9. The molecule has 0 unspecified atom stereocenters. The number of methoxy groups -OCH3 is 1. The van der Waals surface area contributed by atoms with Crippen LogP contribution in [0.3, 0.4) is 0 Å². The molecule has 0 aliphatic heterocycles. The number of nitrogens with one attached hydrogen (secondary N) is 3. The largest absolute Gasteiger partial charge is 0.383 e. The Kier molecular flexibility index (Phi) is 8.64. The molecule has 2 aromatic rings. The molecule has 8 heteroatoms. The van der Waals surface area contributed by atoms with Gasteiger partial charge in [0.25, 0.3) is 11.8 Å². The second kappa shape index (κ2) is 11.6. The standard InChI is InChI=1S/C24H28ClN3O4/c1-32-13-12-26-24(31)20-11-10-19(15-21(20)25)28-23(30)17-8-5-9-18(14-17)27-22(29)16-6-3-2-4-7-16/h5,8-11,14-16H,2-4,6-7,12-13H2,1H3,(H,26,31)(H,27,29)(H,28,30). The third-order valence-electron chi connectivity index (χ3n) is 5.43. The van der Waals surface area contributed by atoms with E-state index >= 15 is 0 Å². The van der Waals surface area contributed by atoms with Crippen LogP contribution in [0.2, 0.25) is 5.02 Å². The molecule has 170 valence electrons. The maximum absolute atomic E-state index is 12.7. The van der Waals surface area contributed by atoms with Crippen molar-refractivity contribution in [2.75, 3.05) is 30.9 Å². The van der Waals surface area contributed by atoms with E-state index < -0.39 is 0 Å². The summed E-state index contributed by atoms with van der Waals surface area (Å²) in [7, 11) is 1.55. The molecule has 0 saturated heterocycles. The Morgan fingerprint density at radius 3 is 2.44 bits per heavy atom. The van der Waals surface area contributed by atoms with Crippen molar-refractivity contribution < 1.29 is 19.1 Å². The molecule has 0 heterocycles. The number of carbonyl (C=O) groups excluding carboxylic acids is 3. The summed E-state index contributed by atoms with van der Waals surface area (Å²) < 4.78 is 4.91. The Morgan fingerprint density at radius 2 is 1.72 bits per heavy atom. The van der Waals surface area contributed by atoms with Crippen molar-refractivity contribution >= 4 is 40.7 Å². The monoisotopic (exact) mass is 457 g/mol. The van der Waals surface area contributed by atoms with Gasteiger partial charge in [-0.25, -0.2) is 0 Å². The number of rotatable bonds is 8. The topological polar surface area (TPSA) is 96.5 Å². The Hall–Kier alpha value is -2.90. The van der Waals surface area contributed by atoms with Crippen LogP contribution in [0.15, 0.2) is 42.5 Å². The highest BCUT2D eigenvalue weighted by molar-refractivity contribution is 6.34. The van der Waals surface area contributed by atoms with Crippen LogP contribution in [-0.4, -0.2) is 38.0 Å². The van der Waals surface area contributed by atoms with Gasteiger partial charge in [0.05, 0.1) is 17.2 Å². The SMILES string of the molecule is COCCNC(=O)c1ccc(NC(=O)c2cccc(NC(=O)C3CCCCC3)c2)cc1Cl.